The predicted octanol–water partition coefficient (Wildman–Crippen LogP) is 3.99. The van der Waals surface area contributed by atoms with E-state index in [2.05, 4.69) is 24.0 Å². The zero-order chi connectivity index (χ0) is 14.3. The van der Waals surface area contributed by atoms with Crippen LogP contribution in [0.25, 0.3) is 10.8 Å². The molecule has 0 bridgehead atoms. The molecule has 4 nitrogen and oxygen atoms in total. The largest absolute Gasteiger partial charge is 0.397 e. The number of aryl methyl sites for hydroxylation is 1. The summed E-state index contributed by atoms with van der Waals surface area (Å²) in [5.74, 6) is 2.38. The standard InChI is InChI=1S/C13H17N3OS3/c1-6-4-19-11(10(6)14)13-15-12(16-17-13)9-5-18-7(2)8(3)20-9/h4,7-9H,5,14H2,1-3H3. The molecule has 0 radical (unpaired) electrons. The minimum atomic E-state index is 0.311. The molecule has 3 atom stereocenters. The number of nitrogens with zero attached hydrogens (tertiary/aromatic N) is 2. The van der Waals surface area contributed by atoms with Crippen LogP contribution in [0.15, 0.2) is 9.90 Å². The van der Waals surface area contributed by atoms with Gasteiger partial charge < -0.3 is 10.3 Å². The molecule has 2 N–H and O–H groups in total. The Kier molecular flexibility index (Phi) is 4.01. The topological polar surface area (TPSA) is 64.9 Å². The number of anilines is 1. The van der Waals surface area contributed by atoms with E-state index < -0.39 is 0 Å². The van der Waals surface area contributed by atoms with E-state index >= 15 is 0 Å². The van der Waals surface area contributed by atoms with Crippen LogP contribution in [0.2, 0.25) is 0 Å². The smallest absolute Gasteiger partial charge is 0.270 e. The van der Waals surface area contributed by atoms with Crippen molar-refractivity contribution in [1.82, 2.24) is 10.1 Å². The first-order valence-electron chi connectivity index (χ1n) is 6.51. The molecule has 20 heavy (non-hydrogen) atoms. The van der Waals surface area contributed by atoms with E-state index in [1.54, 1.807) is 11.3 Å². The van der Waals surface area contributed by atoms with Crippen LogP contribution in [-0.2, 0) is 0 Å². The summed E-state index contributed by atoms with van der Waals surface area (Å²) in [6.07, 6.45) is 0. The maximum Gasteiger partial charge on any atom is 0.270 e. The summed E-state index contributed by atoms with van der Waals surface area (Å²) in [6, 6.07) is 0. The molecule has 3 unspecified atom stereocenters. The molecule has 0 aromatic carbocycles. The second-order valence-corrected chi connectivity index (χ2v) is 8.86. The molecule has 2 aromatic rings. The first-order chi connectivity index (χ1) is 9.56. The van der Waals surface area contributed by atoms with Crippen LogP contribution in [-0.4, -0.2) is 26.4 Å². The minimum Gasteiger partial charge on any atom is -0.397 e. The van der Waals surface area contributed by atoms with E-state index in [1.807, 2.05) is 35.8 Å². The lowest BCUT2D eigenvalue weighted by molar-refractivity contribution is 0.424. The summed E-state index contributed by atoms with van der Waals surface area (Å²) in [5.41, 5.74) is 7.85. The number of aromatic nitrogens is 2. The second-order valence-electron chi connectivity index (χ2n) is 4.99. The van der Waals surface area contributed by atoms with E-state index in [4.69, 9.17) is 10.3 Å². The van der Waals surface area contributed by atoms with Crippen molar-refractivity contribution in [1.29, 1.82) is 0 Å². The number of thioether (sulfide) groups is 2. The van der Waals surface area contributed by atoms with Gasteiger partial charge in [-0.25, -0.2) is 0 Å². The molecule has 3 rings (SSSR count). The van der Waals surface area contributed by atoms with Crippen molar-refractivity contribution < 1.29 is 4.52 Å². The van der Waals surface area contributed by atoms with E-state index in [9.17, 15) is 0 Å². The van der Waals surface area contributed by atoms with Crippen LogP contribution in [0.4, 0.5) is 5.69 Å². The van der Waals surface area contributed by atoms with E-state index in [1.165, 1.54) is 0 Å². The number of nitrogens with two attached hydrogens (primary N) is 1. The lowest BCUT2D eigenvalue weighted by Crippen LogP contribution is -2.22. The Balaban J connectivity index is 1.82. The van der Waals surface area contributed by atoms with Crippen molar-refractivity contribution in [2.75, 3.05) is 11.5 Å². The molecule has 7 heteroatoms. The van der Waals surface area contributed by atoms with Crippen molar-refractivity contribution in [3.63, 3.8) is 0 Å². The number of hydrogen-bond donors (Lipinski definition) is 1. The van der Waals surface area contributed by atoms with Crippen LogP contribution in [0.5, 0.6) is 0 Å². The van der Waals surface area contributed by atoms with E-state index in [-0.39, 0.29) is 0 Å². The summed E-state index contributed by atoms with van der Waals surface area (Å²) in [6.45, 7) is 6.52. The molecule has 0 aliphatic carbocycles. The van der Waals surface area contributed by atoms with Gasteiger partial charge in [-0.1, -0.05) is 19.0 Å². The Morgan fingerprint density at radius 2 is 2.15 bits per heavy atom. The fraction of sp³-hybridized carbons (Fsp3) is 0.538. The van der Waals surface area contributed by atoms with Crippen molar-refractivity contribution in [2.24, 2.45) is 0 Å². The minimum absolute atomic E-state index is 0.311. The van der Waals surface area contributed by atoms with Crippen molar-refractivity contribution in [2.45, 2.75) is 36.5 Å². The molecule has 2 aromatic heterocycles. The molecule has 1 aliphatic heterocycles. The van der Waals surface area contributed by atoms with Gasteiger partial charge in [-0.05, 0) is 17.9 Å². The lowest BCUT2D eigenvalue weighted by atomic mass is 10.3. The highest BCUT2D eigenvalue weighted by Crippen LogP contribution is 2.44. The maximum absolute atomic E-state index is 6.04. The van der Waals surface area contributed by atoms with Gasteiger partial charge in [0.15, 0.2) is 5.82 Å². The maximum atomic E-state index is 6.04. The first kappa shape index (κ1) is 14.3. The Bertz CT molecular complexity index is 610. The first-order valence-corrected chi connectivity index (χ1v) is 9.38. The molecule has 1 fully saturated rings. The van der Waals surface area contributed by atoms with Crippen molar-refractivity contribution >= 4 is 40.5 Å². The third kappa shape index (κ3) is 2.58. The molecule has 0 spiro atoms. The Morgan fingerprint density at radius 1 is 1.35 bits per heavy atom. The molecule has 0 saturated carbocycles. The SMILES string of the molecule is Cc1csc(-c2nc(C3CSC(C)C(C)S3)no2)c1N. The van der Waals surface area contributed by atoms with Crippen LogP contribution in [0.3, 0.4) is 0 Å². The van der Waals surface area contributed by atoms with Gasteiger partial charge in [0.25, 0.3) is 5.89 Å². The van der Waals surface area contributed by atoms with Gasteiger partial charge in [0, 0.05) is 16.3 Å². The van der Waals surface area contributed by atoms with Gasteiger partial charge in [0.2, 0.25) is 0 Å². The highest BCUT2D eigenvalue weighted by Gasteiger charge is 2.30. The number of nitrogen functional groups attached to an aromatic ring is 1. The Labute approximate surface area is 130 Å². The van der Waals surface area contributed by atoms with Crippen LogP contribution in [0, 0.1) is 6.92 Å². The monoisotopic (exact) mass is 327 g/mol. The summed E-state index contributed by atoms with van der Waals surface area (Å²) in [5, 5.41) is 7.77. The third-order valence-electron chi connectivity index (χ3n) is 3.50. The van der Waals surface area contributed by atoms with Gasteiger partial charge in [-0.2, -0.15) is 16.7 Å². The van der Waals surface area contributed by atoms with Crippen LogP contribution < -0.4 is 5.73 Å². The number of thiophene rings is 1. The van der Waals surface area contributed by atoms with Gasteiger partial charge >= 0.3 is 0 Å². The third-order valence-corrected chi connectivity index (χ3v) is 7.99. The average Bonchev–Trinajstić information content (AvgIpc) is 3.02. The highest BCUT2D eigenvalue weighted by atomic mass is 32.2. The molecule has 0 amide bonds. The van der Waals surface area contributed by atoms with Gasteiger partial charge in [0.1, 0.15) is 4.88 Å². The Hall–Kier alpha value is -0.660. The van der Waals surface area contributed by atoms with Crippen molar-refractivity contribution in [3.05, 3.63) is 16.8 Å². The van der Waals surface area contributed by atoms with Crippen LogP contribution >= 0.6 is 34.9 Å². The zero-order valence-electron chi connectivity index (χ0n) is 11.6. The molecule has 1 aliphatic rings. The quantitative estimate of drug-likeness (QED) is 0.900. The molecular formula is C13H17N3OS3. The summed E-state index contributed by atoms with van der Waals surface area (Å²) in [4.78, 5) is 5.44. The molecular weight excluding hydrogens is 310 g/mol. The van der Waals surface area contributed by atoms with Gasteiger partial charge in [0.05, 0.1) is 10.9 Å². The summed E-state index contributed by atoms with van der Waals surface area (Å²) < 4.78 is 5.41. The van der Waals surface area contributed by atoms with E-state index in [0.29, 0.717) is 21.6 Å². The number of hydrogen-bond acceptors (Lipinski definition) is 7. The average molecular weight is 328 g/mol. The summed E-state index contributed by atoms with van der Waals surface area (Å²) in [7, 11) is 0. The number of rotatable bonds is 2. The van der Waals surface area contributed by atoms with E-state index in [0.717, 1.165) is 27.7 Å². The highest BCUT2D eigenvalue weighted by molar-refractivity contribution is 8.07. The normalized spacial score (nSPS) is 26.9. The molecule has 1 saturated heterocycles. The molecule has 108 valence electrons. The zero-order valence-corrected chi connectivity index (χ0v) is 14.1. The van der Waals surface area contributed by atoms with Crippen molar-refractivity contribution in [3.8, 4) is 10.8 Å². The van der Waals surface area contributed by atoms with Crippen LogP contribution in [0.1, 0.15) is 30.5 Å². The Morgan fingerprint density at radius 3 is 2.80 bits per heavy atom. The fourth-order valence-corrected chi connectivity index (χ4v) is 5.72. The molecule has 3 heterocycles. The summed E-state index contributed by atoms with van der Waals surface area (Å²) >= 11 is 5.47. The van der Waals surface area contributed by atoms with Gasteiger partial charge in [-0.15, -0.1) is 23.1 Å². The predicted molar refractivity (Wildman–Crippen MR) is 88.5 cm³/mol. The lowest BCUT2D eigenvalue weighted by Gasteiger charge is -2.29. The second kappa shape index (κ2) is 5.61. The fourth-order valence-electron chi connectivity index (χ4n) is 2.00. The van der Waals surface area contributed by atoms with Gasteiger partial charge in [-0.3, -0.25) is 0 Å².